The summed E-state index contributed by atoms with van der Waals surface area (Å²) in [5.74, 6) is -0.844. The molecule has 0 radical (unpaired) electrons. The Morgan fingerprint density at radius 1 is 1.24 bits per heavy atom. The number of hydrogen-bond donors (Lipinski definition) is 5. The summed E-state index contributed by atoms with van der Waals surface area (Å²) >= 11 is 0. The average molecular weight is 585 g/mol. The van der Waals surface area contributed by atoms with Gasteiger partial charge in [0.25, 0.3) is 0 Å². The summed E-state index contributed by atoms with van der Waals surface area (Å²) in [6, 6.07) is 0. The van der Waals surface area contributed by atoms with Crippen molar-refractivity contribution in [2.45, 2.75) is 84.0 Å². The Bertz CT molecular complexity index is 1110. The van der Waals surface area contributed by atoms with Crippen LogP contribution < -0.4 is 0 Å². The minimum absolute atomic E-state index is 0.0319. The molecular weight excluding hydrogens is 532 g/mol. The second kappa shape index (κ2) is 15.0. The fourth-order valence-corrected chi connectivity index (χ4v) is 7.72. The molecule has 0 aliphatic heterocycles. The van der Waals surface area contributed by atoms with Crippen molar-refractivity contribution < 1.29 is 35.1 Å². The molecule has 7 heteroatoms. The monoisotopic (exact) mass is 584 g/mol. The van der Waals surface area contributed by atoms with Gasteiger partial charge in [0.1, 0.15) is 12.4 Å². The van der Waals surface area contributed by atoms with Crippen LogP contribution in [-0.2, 0) is 9.53 Å². The molecule has 42 heavy (non-hydrogen) atoms. The van der Waals surface area contributed by atoms with Crippen molar-refractivity contribution in [3.63, 3.8) is 0 Å². The number of ether oxygens (including phenoxy) is 1. The van der Waals surface area contributed by atoms with Crippen LogP contribution in [0.15, 0.2) is 70.9 Å². The van der Waals surface area contributed by atoms with E-state index in [0.29, 0.717) is 31.3 Å². The molecule has 0 aromatic heterocycles. The van der Waals surface area contributed by atoms with Crippen LogP contribution in [0.25, 0.3) is 0 Å². The molecule has 8 unspecified atom stereocenters. The van der Waals surface area contributed by atoms with Crippen LogP contribution in [0.2, 0.25) is 0 Å². The van der Waals surface area contributed by atoms with Gasteiger partial charge in [0.05, 0.1) is 31.5 Å². The van der Waals surface area contributed by atoms with Crippen molar-refractivity contribution in [3.8, 4) is 0 Å². The number of aliphatic hydroxyl groups is 5. The molecule has 3 aliphatic rings. The highest BCUT2D eigenvalue weighted by atomic mass is 16.5. The summed E-state index contributed by atoms with van der Waals surface area (Å²) in [6.07, 6.45) is 14.8. The number of aliphatic hydroxyl groups excluding tert-OH is 4. The van der Waals surface area contributed by atoms with Gasteiger partial charge in [0.15, 0.2) is 0 Å². The molecule has 0 heterocycles. The number of aldehydes is 1. The lowest BCUT2D eigenvalue weighted by molar-refractivity contribution is -0.182. The van der Waals surface area contributed by atoms with E-state index in [1.807, 2.05) is 32.1 Å². The quantitative estimate of drug-likeness (QED) is 0.0888. The molecule has 234 valence electrons. The van der Waals surface area contributed by atoms with Crippen LogP contribution in [0.4, 0.5) is 0 Å². The normalized spacial score (nSPS) is 34.6. The first-order chi connectivity index (χ1) is 19.9. The van der Waals surface area contributed by atoms with Gasteiger partial charge in [-0.15, -0.1) is 0 Å². The van der Waals surface area contributed by atoms with E-state index >= 15 is 0 Å². The molecule has 2 saturated carbocycles. The van der Waals surface area contributed by atoms with Gasteiger partial charge < -0.3 is 30.3 Å². The standard InChI is InChI=1S/C35H52O7/c1-23(2)8-6-9-24(3)10-7-11-28(21-42-22-29(39)20-38)30-14-16-35(33(30)40)32-26(15-17-36)12-13-27(18-34(35,5)41)31(32)25(4)19-37/h7-8,10-13,19,26-27,29-30,32-33,36,38-41H,3,6,9,14-18,20-22H2,1-2,4-5H3. The predicted octanol–water partition coefficient (Wildman–Crippen LogP) is 4.37. The molecule has 0 aromatic carbocycles. The van der Waals surface area contributed by atoms with Crippen molar-refractivity contribution >= 4 is 6.29 Å². The van der Waals surface area contributed by atoms with Crippen molar-refractivity contribution in [3.05, 3.63) is 70.9 Å². The SMILES string of the molecule is C=C(C=CC=C(COCC(O)CO)C1CCC2(C1O)C1C(=C(C)C=O)C(C=CC1CCO)CC2(C)O)CCC=C(C)C. The molecule has 0 amide bonds. The number of carbonyl (C=O) groups excluding carboxylic acids is 1. The third-order valence-electron chi connectivity index (χ3n) is 9.73. The summed E-state index contributed by atoms with van der Waals surface area (Å²) in [4.78, 5) is 12.1. The van der Waals surface area contributed by atoms with Crippen LogP contribution in [0.3, 0.4) is 0 Å². The Hall–Kier alpha value is -2.13. The van der Waals surface area contributed by atoms with E-state index in [1.165, 1.54) is 5.57 Å². The predicted molar refractivity (Wildman–Crippen MR) is 165 cm³/mol. The molecule has 3 aliphatic carbocycles. The molecule has 7 nitrogen and oxygen atoms in total. The van der Waals surface area contributed by atoms with Gasteiger partial charge in [0.2, 0.25) is 0 Å². The maximum absolute atomic E-state index is 12.3. The summed E-state index contributed by atoms with van der Waals surface area (Å²) < 4.78 is 5.79. The van der Waals surface area contributed by atoms with Crippen LogP contribution in [0, 0.1) is 29.1 Å². The van der Waals surface area contributed by atoms with E-state index in [9.17, 15) is 30.3 Å². The van der Waals surface area contributed by atoms with Gasteiger partial charge in [-0.05, 0) is 89.2 Å². The number of allylic oxidation sites excluding steroid dienone is 10. The largest absolute Gasteiger partial charge is 0.396 e. The van der Waals surface area contributed by atoms with Gasteiger partial charge in [-0.1, -0.05) is 59.8 Å². The smallest absolute Gasteiger partial charge is 0.145 e. The first-order valence-corrected chi connectivity index (χ1v) is 15.3. The molecule has 0 aromatic rings. The molecule has 2 fully saturated rings. The van der Waals surface area contributed by atoms with E-state index in [2.05, 4.69) is 38.7 Å². The number of carbonyl (C=O) groups is 1. The zero-order valence-electron chi connectivity index (χ0n) is 25.8. The number of fused-ring (bicyclic) bond motifs is 3. The topological polar surface area (TPSA) is 127 Å². The second-order valence-corrected chi connectivity index (χ2v) is 12.9. The van der Waals surface area contributed by atoms with Crippen molar-refractivity contribution in [1.29, 1.82) is 0 Å². The summed E-state index contributed by atoms with van der Waals surface area (Å²) in [6.45, 7) is 11.6. The van der Waals surface area contributed by atoms with Gasteiger partial charge in [0, 0.05) is 23.9 Å². The first kappa shape index (κ1) is 34.4. The fraction of sp³-hybridized carbons (Fsp3) is 0.629. The molecular formula is C35H52O7. The molecule has 0 saturated heterocycles. The van der Waals surface area contributed by atoms with Crippen molar-refractivity contribution in [2.24, 2.45) is 29.1 Å². The Balaban J connectivity index is 1.99. The lowest BCUT2D eigenvalue weighted by Crippen LogP contribution is -2.63. The lowest BCUT2D eigenvalue weighted by Gasteiger charge is -2.60. The Morgan fingerprint density at radius 3 is 2.62 bits per heavy atom. The highest BCUT2D eigenvalue weighted by molar-refractivity contribution is 5.74. The highest BCUT2D eigenvalue weighted by Crippen LogP contribution is 2.66. The maximum Gasteiger partial charge on any atom is 0.145 e. The summed E-state index contributed by atoms with van der Waals surface area (Å²) in [5.41, 5.74) is 2.53. The van der Waals surface area contributed by atoms with Gasteiger partial charge >= 0.3 is 0 Å². The van der Waals surface area contributed by atoms with E-state index in [0.717, 1.165) is 35.8 Å². The second-order valence-electron chi connectivity index (χ2n) is 12.9. The van der Waals surface area contributed by atoms with Crippen LogP contribution in [0.5, 0.6) is 0 Å². The lowest BCUT2D eigenvalue weighted by atomic mass is 9.46. The molecule has 1 spiro atoms. The van der Waals surface area contributed by atoms with Crippen molar-refractivity contribution in [2.75, 3.05) is 26.4 Å². The Labute approximate surface area is 251 Å². The first-order valence-electron chi connectivity index (χ1n) is 15.3. The van der Waals surface area contributed by atoms with Crippen LogP contribution >= 0.6 is 0 Å². The third kappa shape index (κ3) is 7.32. The minimum atomic E-state index is -1.21. The van der Waals surface area contributed by atoms with Crippen molar-refractivity contribution in [1.82, 2.24) is 0 Å². The van der Waals surface area contributed by atoms with E-state index in [4.69, 9.17) is 4.74 Å². The van der Waals surface area contributed by atoms with E-state index in [-0.39, 0.29) is 43.5 Å². The number of rotatable bonds is 14. The molecule has 5 N–H and O–H groups in total. The zero-order valence-corrected chi connectivity index (χ0v) is 25.8. The highest BCUT2D eigenvalue weighted by Gasteiger charge is 2.67. The zero-order chi connectivity index (χ0) is 31.1. The van der Waals surface area contributed by atoms with Crippen LogP contribution in [-0.4, -0.2) is 76.1 Å². The fourth-order valence-electron chi connectivity index (χ4n) is 7.72. The Kier molecular flexibility index (Phi) is 12.3. The molecule has 3 rings (SSSR count). The number of hydrogen-bond acceptors (Lipinski definition) is 7. The average Bonchev–Trinajstić information content (AvgIpc) is 3.29. The molecule has 8 atom stereocenters. The van der Waals surface area contributed by atoms with Gasteiger partial charge in [-0.2, -0.15) is 0 Å². The summed E-state index contributed by atoms with van der Waals surface area (Å²) in [7, 11) is 0. The Morgan fingerprint density at radius 2 is 1.98 bits per heavy atom. The summed E-state index contributed by atoms with van der Waals surface area (Å²) in [5, 5.41) is 53.4. The van der Waals surface area contributed by atoms with Crippen LogP contribution in [0.1, 0.15) is 66.2 Å². The third-order valence-corrected chi connectivity index (χ3v) is 9.73. The van der Waals surface area contributed by atoms with E-state index in [1.54, 1.807) is 0 Å². The van der Waals surface area contributed by atoms with Gasteiger partial charge in [-0.25, -0.2) is 0 Å². The maximum atomic E-state index is 12.3. The molecule has 2 bridgehead atoms. The minimum Gasteiger partial charge on any atom is -0.396 e. The van der Waals surface area contributed by atoms with E-state index < -0.39 is 29.8 Å². The van der Waals surface area contributed by atoms with Gasteiger partial charge in [-0.3, -0.25) is 4.79 Å².